The smallest absolute Gasteiger partial charge is 0.168 e. The van der Waals surface area contributed by atoms with Crippen LogP contribution in [0.3, 0.4) is 0 Å². The number of para-hydroxylation sites is 1. The van der Waals surface area contributed by atoms with E-state index in [1.165, 1.54) is 0 Å². The van der Waals surface area contributed by atoms with Crippen molar-refractivity contribution in [3.8, 4) is 0 Å². The number of carbonyl (C=O) groups excluding carboxylic acids is 1. The molecule has 1 aromatic carbocycles. The summed E-state index contributed by atoms with van der Waals surface area (Å²) < 4.78 is 0. The first-order chi connectivity index (χ1) is 6.90. The second kappa shape index (κ2) is 5.12. The minimum atomic E-state index is 0.480. The van der Waals surface area contributed by atoms with Gasteiger partial charge in [-0.15, -0.1) is 0 Å². The average molecular weight is 187 g/mol. The van der Waals surface area contributed by atoms with Crippen LogP contribution in [0.2, 0.25) is 0 Å². The van der Waals surface area contributed by atoms with Gasteiger partial charge < -0.3 is 0 Å². The predicted molar refractivity (Wildman–Crippen MR) is 58.5 cm³/mol. The number of benzene rings is 1. The average Bonchev–Trinajstić information content (AvgIpc) is 2.31. The topological polar surface area (TPSA) is 30.0 Å². The zero-order valence-electron chi connectivity index (χ0n) is 8.40. The highest BCUT2D eigenvalue weighted by molar-refractivity contribution is 5.83. The fourth-order valence-corrected chi connectivity index (χ4v) is 1.15. The van der Waals surface area contributed by atoms with Gasteiger partial charge in [-0.1, -0.05) is 38.1 Å². The summed E-state index contributed by atoms with van der Waals surface area (Å²) in [4.78, 5) is 14.5. The Balaban J connectivity index is 0.000000461. The summed E-state index contributed by atoms with van der Waals surface area (Å²) in [5.41, 5.74) is 1.34. The highest BCUT2D eigenvalue weighted by atomic mass is 16.1. The van der Waals surface area contributed by atoms with Crippen LogP contribution in [-0.4, -0.2) is 11.3 Å². The van der Waals surface area contributed by atoms with E-state index in [2.05, 4.69) is 4.98 Å². The molecule has 2 heteroatoms. The lowest BCUT2D eigenvalue weighted by atomic mass is 10.2. The molecular formula is C12H13NO. The van der Waals surface area contributed by atoms with E-state index in [1.54, 1.807) is 6.07 Å². The summed E-state index contributed by atoms with van der Waals surface area (Å²) in [5.74, 6) is 0. The number of hydrogen-bond acceptors (Lipinski definition) is 2. The molecule has 0 aliphatic carbocycles. The van der Waals surface area contributed by atoms with Gasteiger partial charge in [-0.3, -0.25) is 4.79 Å². The molecule has 14 heavy (non-hydrogen) atoms. The second-order valence-corrected chi connectivity index (χ2v) is 2.55. The van der Waals surface area contributed by atoms with Gasteiger partial charge in [0.05, 0.1) is 5.52 Å². The van der Waals surface area contributed by atoms with Crippen LogP contribution < -0.4 is 0 Å². The molecule has 0 aliphatic heterocycles. The number of hydrogen-bond donors (Lipinski definition) is 0. The van der Waals surface area contributed by atoms with Crippen LogP contribution >= 0.6 is 0 Å². The van der Waals surface area contributed by atoms with Crippen LogP contribution in [0.15, 0.2) is 36.4 Å². The lowest BCUT2D eigenvalue weighted by molar-refractivity contribution is 0.111. The van der Waals surface area contributed by atoms with Crippen LogP contribution in [0.4, 0.5) is 0 Å². The number of carbonyl (C=O) groups is 1. The van der Waals surface area contributed by atoms with Crippen LogP contribution in [0.1, 0.15) is 24.3 Å². The number of aldehydes is 1. The molecule has 0 bridgehead atoms. The van der Waals surface area contributed by atoms with Crippen LogP contribution in [0.5, 0.6) is 0 Å². The van der Waals surface area contributed by atoms with Gasteiger partial charge in [0.1, 0.15) is 5.69 Å². The molecule has 0 radical (unpaired) electrons. The third-order valence-electron chi connectivity index (χ3n) is 1.74. The summed E-state index contributed by atoms with van der Waals surface area (Å²) in [6.07, 6.45) is 0.756. The number of aromatic nitrogens is 1. The third kappa shape index (κ3) is 2.16. The molecule has 0 saturated heterocycles. The molecule has 0 N–H and O–H groups in total. The lowest BCUT2D eigenvalue weighted by Crippen LogP contribution is -1.85. The van der Waals surface area contributed by atoms with E-state index in [4.69, 9.17) is 0 Å². The Labute approximate surface area is 83.6 Å². The molecule has 2 aromatic rings. The van der Waals surface area contributed by atoms with Crippen LogP contribution in [-0.2, 0) is 0 Å². The minimum Gasteiger partial charge on any atom is -0.296 e. The molecule has 0 atom stereocenters. The van der Waals surface area contributed by atoms with Gasteiger partial charge in [-0.05, 0) is 12.1 Å². The minimum absolute atomic E-state index is 0.480. The molecular weight excluding hydrogens is 174 g/mol. The molecule has 1 heterocycles. The Morgan fingerprint density at radius 2 is 1.79 bits per heavy atom. The summed E-state index contributed by atoms with van der Waals surface area (Å²) in [6, 6.07) is 11.3. The summed E-state index contributed by atoms with van der Waals surface area (Å²) in [6.45, 7) is 4.00. The van der Waals surface area contributed by atoms with Crippen molar-refractivity contribution in [1.82, 2.24) is 4.98 Å². The fourth-order valence-electron chi connectivity index (χ4n) is 1.15. The van der Waals surface area contributed by atoms with E-state index in [0.29, 0.717) is 5.69 Å². The molecule has 0 fully saturated rings. The van der Waals surface area contributed by atoms with Crippen LogP contribution in [0.25, 0.3) is 10.9 Å². The zero-order valence-corrected chi connectivity index (χ0v) is 8.40. The maximum atomic E-state index is 10.4. The monoisotopic (exact) mass is 187 g/mol. The Morgan fingerprint density at radius 3 is 2.50 bits per heavy atom. The van der Waals surface area contributed by atoms with E-state index < -0.39 is 0 Å². The first-order valence-corrected chi connectivity index (χ1v) is 4.71. The quantitative estimate of drug-likeness (QED) is 0.642. The predicted octanol–water partition coefficient (Wildman–Crippen LogP) is 3.07. The third-order valence-corrected chi connectivity index (χ3v) is 1.74. The van der Waals surface area contributed by atoms with Crippen molar-refractivity contribution in [3.63, 3.8) is 0 Å². The zero-order chi connectivity index (χ0) is 10.4. The molecule has 0 amide bonds. The number of nitrogens with zero attached hydrogens (tertiary/aromatic N) is 1. The van der Waals surface area contributed by atoms with E-state index >= 15 is 0 Å². The Bertz CT molecular complexity index is 423. The van der Waals surface area contributed by atoms with Gasteiger partial charge in [0.25, 0.3) is 0 Å². The molecule has 0 saturated carbocycles. The number of fused-ring (bicyclic) bond motifs is 1. The molecule has 2 nitrogen and oxygen atoms in total. The van der Waals surface area contributed by atoms with Crippen molar-refractivity contribution in [2.45, 2.75) is 13.8 Å². The van der Waals surface area contributed by atoms with Crippen molar-refractivity contribution < 1.29 is 4.79 Å². The van der Waals surface area contributed by atoms with E-state index in [1.807, 2.05) is 44.2 Å². The van der Waals surface area contributed by atoms with Crippen LogP contribution in [0, 0.1) is 0 Å². The lowest BCUT2D eigenvalue weighted by Gasteiger charge is -1.95. The number of rotatable bonds is 1. The Hall–Kier alpha value is -1.70. The van der Waals surface area contributed by atoms with Gasteiger partial charge in [0.2, 0.25) is 0 Å². The van der Waals surface area contributed by atoms with Gasteiger partial charge in [-0.25, -0.2) is 4.98 Å². The molecule has 0 spiro atoms. The molecule has 2 rings (SSSR count). The van der Waals surface area contributed by atoms with Gasteiger partial charge in [0.15, 0.2) is 6.29 Å². The SMILES string of the molecule is CC.O=Cc1ccc2ccccc2n1. The molecule has 1 aromatic heterocycles. The van der Waals surface area contributed by atoms with Crippen molar-refractivity contribution in [1.29, 1.82) is 0 Å². The van der Waals surface area contributed by atoms with Crippen molar-refractivity contribution in [3.05, 3.63) is 42.1 Å². The normalized spacial score (nSPS) is 9.00. The standard InChI is InChI=1S/C10H7NO.C2H6/c12-7-9-6-5-8-3-1-2-4-10(8)11-9;1-2/h1-7H;1-2H3. The summed E-state index contributed by atoms with van der Waals surface area (Å²) in [7, 11) is 0. The highest BCUT2D eigenvalue weighted by Gasteiger charge is 1.94. The number of pyridine rings is 1. The van der Waals surface area contributed by atoms with E-state index in [9.17, 15) is 4.79 Å². The second-order valence-electron chi connectivity index (χ2n) is 2.55. The maximum absolute atomic E-state index is 10.4. The molecule has 0 aliphatic rings. The van der Waals surface area contributed by atoms with Gasteiger partial charge in [0, 0.05) is 5.39 Å². The summed E-state index contributed by atoms with van der Waals surface area (Å²) >= 11 is 0. The largest absolute Gasteiger partial charge is 0.296 e. The maximum Gasteiger partial charge on any atom is 0.168 e. The van der Waals surface area contributed by atoms with Gasteiger partial charge in [-0.2, -0.15) is 0 Å². The van der Waals surface area contributed by atoms with Crippen molar-refractivity contribution in [2.24, 2.45) is 0 Å². The highest BCUT2D eigenvalue weighted by Crippen LogP contribution is 2.10. The Kier molecular flexibility index (Phi) is 3.80. The molecule has 0 unspecified atom stereocenters. The van der Waals surface area contributed by atoms with E-state index in [-0.39, 0.29) is 0 Å². The van der Waals surface area contributed by atoms with Gasteiger partial charge >= 0.3 is 0 Å². The molecule has 72 valence electrons. The first-order valence-electron chi connectivity index (χ1n) is 4.71. The van der Waals surface area contributed by atoms with Crippen molar-refractivity contribution in [2.75, 3.05) is 0 Å². The van der Waals surface area contributed by atoms with E-state index in [0.717, 1.165) is 17.2 Å². The first kappa shape index (κ1) is 10.4. The summed E-state index contributed by atoms with van der Waals surface area (Å²) in [5, 5.41) is 1.06. The fraction of sp³-hybridized carbons (Fsp3) is 0.167. The Morgan fingerprint density at radius 1 is 1.07 bits per heavy atom. The van der Waals surface area contributed by atoms with Crippen molar-refractivity contribution >= 4 is 17.2 Å².